The van der Waals surface area contributed by atoms with Gasteiger partial charge in [-0.15, -0.1) is 0 Å². The van der Waals surface area contributed by atoms with Gasteiger partial charge in [-0.1, -0.05) is 140 Å². The van der Waals surface area contributed by atoms with E-state index in [1.165, 1.54) is 14.7 Å². The van der Waals surface area contributed by atoms with E-state index in [2.05, 4.69) is 6.29 Å². The molecule has 9 aliphatic rings. The minimum atomic E-state index is -4.72. The number of methoxy groups -OCH3 is 3. The van der Waals surface area contributed by atoms with E-state index in [0.29, 0.717) is 126 Å². The molecule has 27 nitrogen and oxygen atoms in total. The van der Waals surface area contributed by atoms with Gasteiger partial charge < -0.3 is 71.7 Å². The van der Waals surface area contributed by atoms with Gasteiger partial charge in [-0.25, -0.2) is 57.5 Å². The largest absolute Gasteiger partial charge is 0.540 e. The van der Waals surface area contributed by atoms with Gasteiger partial charge in [-0.2, -0.15) is 13.2 Å². The van der Waals surface area contributed by atoms with E-state index in [0.717, 1.165) is 56.2 Å². The van der Waals surface area contributed by atoms with Crippen LogP contribution in [0.25, 0.3) is 33.1 Å². The first-order valence-electron chi connectivity index (χ1n) is 46.2. The Morgan fingerprint density at radius 1 is 0.433 bits per heavy atom. The Labute approximate surface area is 815 Å². The molecule has 6 fully saturated rings. The van der Waals surface area contributed by atoms with Crippen molar-refractivity contribution in [3.63, 3.8) is 0 Å². The number of alkyl halides is 6. The van der Waals surface area contributed by atoms with Gasteiger partial charge in [0.05, 0.1) is 118 Å². The minimum absolute atomic E-state index is 0. The van der Waals surface area contributed by atoms with Crippen LogP contribution in [0.3, 0.4) is 0 Å². The third kappa shape index (κ3) is 24.3. The quantitative estimate of drug-likeness (QED) is 0.0532. The fourth-order valence-electron chi connectivity index (χ4n) is 19.9. The summed E-state index contributed by atoms with van der Waals surface area (Å²) >= 11 is 0. The number of halogens is 6. The van der Waals surface area contributed by atoms with E-state index in [-0.39, 0.29) is 137 Å². The number of benzene rings is 3. The Hall–Kier alpha value is -8.36. The van der Waals surface area contributed by atoms with Gasteiger partial charge >= 0.3 is 24.1 Å². The molecule has 6 bridgehead atoms. The Morgan fingerprint density at radius 3 is 1.05 bits per heavy atom. The van der Waals surface area contributed by atoms with Crippen molar-refractivity contribution in [3.8, 4) is 34.9 Å². The van der Waals surface area contributed by atoms with Crippen molar-refractivity contribution in [2.45, 2.75) is 297 Å². The van der Waals surface area contributed by atoms with Crippen molar-refractivity contribution in [3.05, 3.63) is 71.7 Å². The number of rotatable bonds is 10. The maximum Gasteiger partial charge on any atom is 0.428 e. The molecule has 3 saturated carbocycles. The fourth-order valence-corrected chi connectivity index (χ4v) is 19.9. The van der Waals surface area contributed by atoms with E-state index >= 15 is 0 Å². The molecule has 9 heterocycles. The maximum absolute atomic E-state index is 14.2. The van der Waals surface area contributed by atoms with Gasteiger partial charge in [-0.3, -0.25) is 33.2 Å². The normalized spacial score (nSPS) is 29.6. The molecule has 3 aromatic carbocycles. The SMILES string of the molecule is COc1ccc2nc3c(nc2c1)O[C@H]1CN(C(=O)[C@H](C(C)(C)C)CC(=O)O[C@]2(C(F)(F)F)C[C@H]2CCCCC3)[C@H]([C-]=O)[C@@H]1C.COc1ccc2nc3c(nc2c1)O[C@H]1CN(C(=O)[C@H](C(C)(C)C)CC(=O)O[C@]2(CC(F)F)C[C@H]2CCCCC3)[C@H]([C-]=O)[C@@H]1C.COc1ccc2nc3c(nc2c1)O[C@H]1CN(C(=O)[C@H](C(C)(C)C)CC(=O)O[C@]2(CCF)C[C@H]2CCCCC3)[C@H]([C-]=O)[C@@H]1C.[V].[V].[V]. The van der Waals surface area contributed by atoms with Gasteiger partial charge in [0.25, 0.3) is 0 Å². The molecule has 36 heteroatoms. The zero-order valence-corrected chi connectivity index (χ0v) is 83.2. The van der Waals surface area contributed by atoms with E-state index in [9.17, 15) is 69.5 Å². The summed E-state index contributed by atoms with van der Waals surface area (Å²) in [5, 5.41) is 0. The number of carbonyl (C=O) groups excluding carboxylic acids is 9. The first-order valence-corrected chi connectivity index (χ1v) is 46.2. The number of hydrogen-bond donors (Lipinski definition) is 0. The summed E-state index contributed by atoms with van der Waals surface area (Å²) in [7, 11) is 4.71. The van der Waals surface area contributed by atoms with Crippen LogP contribution in [0.5, 0.6) is 34.9 Å². The van der Waals surface area contributed by atoms with Crippen LogP contribution in [-0.2, 0) is 132 Å². The topological polar surface area (TPSA) is 324 Å². The van der Waals surface area contributed by atoms with Crippen LogP contribution in [0.4, 0.5) is 26.3 Å². The number of fused-ring (bicyclic) bond motifs is 15. The van der Waals surface area contributed by atoms with Gasteiger partial charge in [0.1, 0.15) is 63.8 Å². The molecule has 3 radical (unpaired) electrons. The van der Waals surface area contributed by atoms with Crippen LogP contribution < -0.4 is 28.4 Å². The number of esters is 3. The number of carbonyl (C=O) groups is 6. The number of aryl methyl sites for hydroxylation is 3. The van der Waals surface area contributed by atoms with Crippen molar-refractivity contribution in [2.24, 2.45) is 69.5 Å². The third-order valence-corrected chi connectivity index (χ3v) is 28.5. The second-order valence-electron chi connectivity index (χ2n) is 40.5. The predicted octanol–water partition coefficient (Wildman–Crippen LogP) is 16.0. The summed E-state index contributed by atoms with van der Waals surface area (Å²) in [5.41, 5.74) is -0.810. The Morgan fingerprint density at radius 2 is 0.746 bits per heavy atom. The Kier molecular flexibility index (Phi) is 35.5. The first-order chi connectivity index (χ1) is 62.0. The molecule has 134 heavy (non-hydrogen) atoms. The summed E-state index contributed by atoms with van der Waals surface area (Å²) < 4.78 is 136. The first kappa shape index (κ1) is 108. The Bertz CT molecular complexity index is 5200. The summed E-state index contributed by atoms with van der Waals surface area (Å²) in [6.07, 6.45) is 6.67. The summed E-state index contributed by atoms with van der Waals surface area (Å²) in [6, 6.07) is 13.5. The molecule has 6 aromatic rings. The number of amides is 3. The van der Waals surface area contributed by atoms with Crippen molar-refractivity contribution in [2.75, 3.05) is 47.6 Å². The van der Waals surface area contributed by atoms with E-state index in [1.54, 1.807) is 79.4 Å². The average molecular weight is 1980 g/mol. The summed E-state index contributed by atoms with van der Waals surface area (Å²) in [5.74, 6) is -5.38. The summed E-state index contributed by atoms with van der Waals surface area (Å²) in [6.45, 7) is 21.5. The van der Waals surface area contributed by atoms with Crippen LogP contribution in [0, 0.1) is 69.5 Å². The van der Waals surface area contributed by atoms with Gasteiger partial charge in [0.2, 0.25) is 47.4 Å². The second-order valence-corrected chi connectivity index (χ2v) is 40.5. The van der Waals surface area contributed by atoms with E-state index < -0.39 is 167 Å². The molecule has 729 valence electrons. The molecule has 3 aromatic heterocycles. The second kappa shape index (κ2) is 44.2. The van der Waals surface area contributed by atoms with Crippen LogP contribution in [0.1, 0.15) is 229 Å². The van der Waals surface area contributed by atoms with Crippen LogP contribution in [0.2, 0.25) is 0 Å². The number of hydrogen-bond acceptors (Lipinski definition) is 24. The third-order valence-electron chi connectivity index (χ3n) is 28.5. The monoisotopic (exact) mass is 1980 g/mol. The number of nitrogens with zero attached hydrogens (tertiary/aromatic N) is 9. The van der Waals surface area contributed by atoms with Crippen LogP contribution >= 0.6 is 0 Å². The van der Waals surface area contributed by atoms with Crippen molar-refractivity contribution >= 4 is 87.6 Å². The van der Waals surface area contributed by atoms with Gasteiger partial charge in [-0.05, 0) is 141 Å². The summed E-state index contributed by atoms with van der Waals surface area (Å²) in [4.78, 5) is 152. The zero-order valence-electron chi connectivity index (χ0n) is 79.0. The molecule has 0 N–H and O–H groups in total. The average Bonchev–Trinajstić information content (AvgIpc) is 1.56. The molecule has 3 saturated heterocycles. The number of aromatic nitrogens is 6. The van der Waals surface area contributed by atoms with Crippen molar-refractivity contribution < 1.29 is 168 Å². The maximum atomic E-state index is 14.2. The smallest absolute Gasteiger partial charge is 0.428 e. The molecule has 3 amide bonds. The van der Waals surface area contributed by atoms with Gasteiger partial charge in [0.15, 0.2) is 0 Å². The predicted molar refractivity (Wildman–Crippen MR) is 470 cm³/mol. The molecule has 3 aliphatic carbocycles. The Balaban J connectivity index is 0.000000206. The molecule has 0 unspecified atom stereocenters. The minimum Gasteiger partial charge on any atom is -0.540 e. The van der Waals surface area contributed by atoms with Crippen LogP contribution in [-0.4, -0.2) is 213 Å². The van der Waals surface area contributed by atoms with Crippen molar-refractivity contribution in [1.82, 2.24) is 44.6 Å². The molecule has 15 rings (SSSR count). The molecule has 0 spiro atoms. The number of ether oxygens (including phenoxy) is 9. The van der Waals surface area contributed by atoms with E-state index in [4.69, 9.17) is 72.5 Å². The van der Waals surface area contributed by atoms with Crippen molar-refractivity contribution in [1.29, 1.82) is 0 Å². The standard InChI is InChI=1S/C33H42F2N3O6.C33H43FN3O6.C32H39F3N3O6.3V/c1-19-26(18-39)38-17-27(19)43-30-24(36-23-12-11-21(42-5)13-25(23)37-30)10-8-6-7-9-20-15-33(20,16-28(34)35)44-29(40)14-22(31(38)41)32(2,3)4;1-20-27(19-38)37-18-28(20)42-30-25(35-24-12-11-22(41-5)15-26(24)36-30)10-8-6-7-9-21-17-33(21,13-14-34)43-29(39)16-23(31(37)40)32(2,3)4;1-18-25(17-39)38-16-26(18)43-28-23(36-22-12-11-20(42-5)13-24(22)37-28)10-8-6-7-9-19-15-31(19,32(33,34)35)44-27(40)14-21(29(38)41)30(2,3)4;;;/h11-13,19-20,22,26-28H,6-10,14-17H2,1-5H3;11-12,15,20-21,23,27-28H,6-10,13-14,16-18H2,1-5H3;11-13,18-19,21,25-26H,6-10,14-16H2,1-5H3;;;/q3*-1;;;/t19-,20+,22+,26+,27-,33-;20-,21+,23+,27+,28-,33+;18-,19+,21+,25+,26-,31+;;;/m000.../s1. The molecule has 6 aliphatic heterocycles. The zero-order chi connectivity index (χ0) is 94.8. The fraction of sp³-hybridized carbons (Fsp3) is 0.663. The molecule has 18 atom stereocenters. The van der Waals surface area contributed by atoms with E-state index in [1.807, 2.05) is 92.2 Å². The molecular formula is C98H124F6N9O18V3-3. The van der Waals surface area contributed by atoms with Gasteiger partial charge in [0, 0.05) is 111 Å². The van der Waals surface area contributed by atoms with Crippen LogP contribution in [0.15, 0.2) is 54.6 Å². The molecular weight excluding hydrogens is 1860 g/mol.